The Morgan fingerprint density at radius 2 is 2.24 bits per heavy atom. The molecule has 0 bridgehead atoms. The molecule has 4 heteroatoms. The van der Waals surface area contributed by atoms with Gasteiger partial charge in [0, 0.05) is 19.1 Å². The SMILES string of the molecule is CCOC(=O)C1CC[C@H]2c3ccc(OC)cc3CCN2C1. The largest absolute Gasteiger partial charge is 0.497 e. The summed E-state index contributed by atoms with van der Waals surface area (Å²) >= 11 is 0. The van der Waals surface area contributed by atoms with E-state index in [4.69, 9.17) is 9.47 Å². The van der Waals surface area contributed by atoms with Crippen LogP contribution >= 0.6 is 0 Å². The molecule has 1 saturated heterocycles. The molecule has 2 heterocycles. The lowest BCUT2D eigenvalue weighted by molar-refractivity contribution is -0.150. The molecule has 4 nitrogen and oxygen atoms in total. The van der Waals surface area contributed by atoms with Crippen LogP contribution in [-0.2, 0) is 16.0 Å². The van der Waals surface area contributed by atoms with Crippen molar-refractivity contribution >= 4 is 5.97 Å². The van der Waals surface area contributed by atoms with Gasteiger partial charge in [0.15, 0.2) is 0 Å². The zero-order valence-corrected chi connectivity index (χ0v) is 12.8. The zero-order valence-electron chi connectivity index (χ0n) is 12.8. The smallest absolute Gasteiger partial charge is 0.310 e. The average Bonchev–Trinajstić information content (AvgIpc) is 2.53. The molecule has 2 aliphatic rings. The lowest BCUT2D eigenvalue weighted by Crippen LogP contribution is -2.44. The Balaban J connectivity index is 1.75. The molecule has 0 spiro atoms. The molecule has 0 saturated carbocycles. The first-order chi connectivity index (χ1) is 10.2. The molecule has 1 fully saturated rings. The Labute approximate surface area is 126 Å². The molecule has 3 rings (SSSR count). The number of hydrogen-bond donors (Lipinski definition) is 0. The topological polar surface area (TPSA) is 38.8 Å². The summed E-state index contributed by atoms with van der Waals surface area (Å²) in [6.07, 6.45) is 2.98. The van der Waals surface area contributed by atoms with Gasteiger partial charge in [0.05, 0.1) is 19.6 Å². The van der Waals surface area contributed by atoms with Crippen LogP contribution in [0.15, 0.2) is 18.2 Å². The molecule has 21 heavy (non-hydrogen) atoms. The van der Waals surface area contributed by atoms with Crippen molar-refractivity contribution in [3.05, 3.63) is 29.3 Å². The van der Waals surface area contributed by atoms with Crippen molar-refractivity contribution in [3.63, 3.8) is 0 Å². The number of carbonyl (C=O) groups excluding carboxylic acids is 1. The molecule has 2 atom stereocenters. The molecular weight excluding hydrogens is 266 g/mol. The molecule has 1 unspecified atom stereocenters. The van der Waals surface area contributed by atoms with E-state index >= 15 is 0 Å². The third-order valence-electron chi connectivity index (χ3n) is 4.68. The van der Waals surface area contributed by atoms with Crippen molar-refractivity contribution in [2.75, 3.05) is 26.8 Å². The van der Waals surface area contributed by atoms with Crippen LogP contribution in [0.1, 0.15) is 36.9 Å². The first-order valence-electron chi connectivity index (χ1n) is 7.80. The quantitative estimate of drug-likeness (QED) is 0.802. The van der Waals surface area contributed by atoms with E-state index in [9.17, 15) is 4.79 Å². The summed E-state index contributed by atoms with van der Waals surface area (Å²) in [5, 5.41) is 0. The van der Waals surface area contributed by atoms with Crippen molar-refractivity contribution in [1.82, 2.24) is 4.90 Å². The van der Waals surface area contributed by atoms with Gasteiger partial charge in [-0.15, -0.1) is 0 Å². The van der Waals surface area contributed by atoms with Gasteiger partial charge in [-0.2, -0.15) is 0 Å². The summed E-state index contributed by atoms with van der Waals surface area (Å²) in [7, 11) is 1.71. The Morgan fingerprint density at radius 3 is 3.00 bits per heavy atom. The summed E-state index contributed by atoms with van der Waals surface area (Å²) in [5.74, 6) is 0.944. The predicted molar refractivity (Wildman–Crippen MR) is 80.4 cm³/mol. The summed E-state index contributed by atoms with van der Waals surface area (Å²) < 4.78 is 10.5. The van der Waals surface area contributed by atoms with Gasteiger partial charge >= 0.3 is 5.97 Å². The second kappa shape index (κ2) is 6.06. The first kappa shape index (κ1) is 14.4. The van der Waals surface area contributed by atoms with Gasteiger partial charge in [-0.25, -0.2) is 0 Å². The fraction of sp³-hybridized carbons (Fsp3) is 0.588. The van der Waals surface area contributed by atoms with Gasteiger partial charge in [-0.3, -0.25) is 9.69 Å². The van der Waals surface area contributed by atoms with E-state index in [-0.39, 0.29) is 11.9 Å². The van der Waals surface area contributed by atoms with E-state index in [1.165, 1.54) is 11.1 Å². The van der Waals surface area contributed by atoms with Crippen LogP contribution in [0.3, 0.4) is 0 Å². The second-order valence-electron chi connectivity index (χ2n) is 5.85. The summed E-state index contributed by atoms with van der Waals surface area (Å²) in [6.45, 7) is 4.19. The summed E-state index contributed by atoms with van der Waals surface area (Å²) in [4.78, 5) is 14.4. The second-order valence-corrected chi connectivity index (χ2v) is 5.85. The molecular formula is C17H23NO3. The van der Waals surface area contributed by atoms with Crippen LogP contribution in [0.4, 0.5) is 0 Å². The van der Waals surface area contributed by atoms with Crippen LogP contribution in [0.25, 0.3) is 0 Å². The minimum Gasteiger partial charge on any atom is -0.497 e. The van der Waals surface area contributed by atoms with Gasteiger partial charge in [0.1, 0.15) is 5.75 Å². The van der Waals surface area contributed by atoms with E-state index in [0.717, 1.165) is 38.1 Å². The number of ether oxygens (including phenoxy) is 2. The zero-order chi connectivity index (χ0) is 14.8. The Bertz CT molecular complexity index is 529. The number of rotatable bonds is 3. The number of esters is 1. The lowest BCUT2D eigenvalue weighted by Gasteiger charge is -2.42. The monoisotopic (exact) mass is 289 g/mol. The van der Waals surface area contributed by atoms with Crippen molar-refractivity contribution in [2.45, 2.75) is 32.2 Å². The Hall–Kier alpha value is -1.55. The molecule has 1 aromatic rings. The number of benzene rings is 1. The van der Waals surface area contributed by atoms with Crippen LogP contribution < -0.4 is 4.74 Å². The van der Waals surface area contributed by atoms with E-state index in [0.29, 0.717) is 12.6 Å². The van der Waals surface area contributed by atoms with Crippen LogP contribution in [0.2, 0.25) is 0 Å². The van der Waals surface area contributed by atoms with Crippen molar-refractivity contribution < 1.29 is 14.3 Å². The van der Waals surface area contributed by atoms with Crippen LogP contribution in [0.5, 0.6) is 5.75 Å². The first-order valence-corrected chi connectivity index (χ1v) is 7.80. The van der Waals surface area contributed by atoms with Gasteiger partial charge in [0.2, 0.25) is 0 Å². The Kier molecular flexibility index (Phi) is 4.15. The maximum Gasteiger partial charge on any atom is 0.310 e. The lowest BCUT2D eigenvalue weighted by atomic mass is 9.83. The number of methoxy groups -OCH3 is 1. The molecule has 0 N–H and O–H groups in total. The highest BCUT2D eigenvalue weighted by atomic mass is 16.5. The number of fused-ring (bicyclic) bond motifs is 3. The molecule has 1 aromatic carbocycles. The standard InChI is InChI=1S/C17H23NO3/c1-3-21-17(19)13-4-7-16-15-6-5-14(20-2)10-12(15)8-9-18(16)11-13/h5-6,10,13,16H,3-4,7-9,11H2,1-2H3/t13?,16-/m0/s1. The number of hydrogen-bond acceptors (Lipinski definition) is 4. The maximum absolute atomic E-state index is 11.9. The molecule has 0 radical (unpaired) electrons. The number of nitrogens with zero attached hydrogens (tertiary/aromatic N) is 1. The highest BCUT2D eigenvalue weighted by Crippen LogP contribution is 2.39. The highest BCUT2D eigenvalue weighted by Gasteiger charge is 2.36. The van der Waals surface area contributed by atoms with Gasteiger partial charge in [0.25, 0.3) is 0 Å². The normalized spacial score (nSPS) is 24.9. The third-order valence-corrected chi connectivity index (χ3v) is 4.68. The molecule has 0 amide bonds. The number of carbonyl (C=O) groups is 1. The molecule has 2 aliphatic heterocycles. The Morgan fingerprint density at radius 1 is 1.38 bits per heavy atom. The average molecular weight is 289 g/mol. The van der Waals surface area contributed by atoms with E-state index in [1.54, 1.807) is 7.11 Å². The minimum absolute atomic E-state index is 0.0310. The minimum atomic E-state index is -0.0310. The molecule has 114 valence electrons. The van der Waals surface area contributed by atoms with Crippen molar-refractivity contribution in [3.8, 4) is 5.75 Å². The van der Waals surface area contributed by atoms with Crippen molar-refractivity contribution in [2.24, 2.45) is 5.92 Å². The fourth-order valence-corrected chi connectivity index (χ4v) is 3.61. The van der Waals surface area contributed by atoms with Crippen LogP contribution in [0, 0.1) is 5.92 Å². The summed E-state index contributed by atoms with van der Waals surface area (Å²) in [6, 6.07) is 6.84. The van der Waals surface area contributed by atoms with E-state index in [2.05, 4.69) is 17.0 Å². The third kappa shape index (κ3) is 2.77. The fourth-order valence-electron chi connectivity index (χ4n) is 3.61. The van der Waals surface area contributed by atoms with Gasteiger partial charge in [-0.05, 0) is 49.4 Å². The van der Waals surface area contributed by atoms with E-state index in [1.807, 2.05) is 13.0 Å². The van der Waals surface area contributed by atoms with E-state index < -0.39 is 0 Å². The number of piperidine rings is 1. The molecule has 0 aromatic heterocycles. The van der Waals surface area contributed by atoms with Crippen LogP contribution in [-0.4, -0.2) is 37.7 Å². The van der Waals surface area contributed by atoms with Gasteiger partial charge in [-0.1, -0.05) is 6.07 Å². The van der Waals surface area contributed by atoms with Gasteiger partial charge < -0.3 is 9.47 Å². The van der Waals surface area contributed by atoms with Crippen molar-refractivity contribution in [1.29, 1.82) is 0 Å². The molecule has 0 aliphatic carbocycles. The predicted octanol–water partition coefficient (Wildman–Crippen LogP) is 2.57. The highest BCUT2D eigenvalue weighted by molar-refractivity contribution is 5.72. The maximum atomic E-state index is 11.9. The summed E-state index contributed by atoms with van der Waals surface area (Å²) in [5.41, 5.74) is 2.80.